The number of para-hydroxylation sites is 3. The molecular weight excluding hydrogens is 514 g/mol. The van der Waals surface area contributed by atoms with E-state index in [-0.39, 0.29) is 0 Å². The molecule has 5 heterocycles. The summed E-state index contributed by atoms with van der Waals surface area (Å²) in [5, 5.41) is 0. The first-order chi connectivity index (χ1) is 19.6. The molecule has 194 valence electrons. The number of fused-ring (bicyclic) bond motifs is 4. The van der Waals surface area contributed by atoms with Crippen LogP contribution in [-0.2, 0) is 14.1 Å². The highest BCUT2D eigenvalue weighted by atomic mass is 32.1. The fraction of sp³-hybridized carbons (Fsp3) is 0.0938. The zero-order chi connectivity index (χ0) is 27.0. The van der Waals surface area contributed by atoms with Crippen molar-refractivity contribution in [3.05, 3.63) is 96.9 Å². The van der Waals surface area contributed by atoms with Gasteiger partial charge in [0.1, 0.15) is 0 Å². The zero-order valence-electron chi connectivity index (χ0n) is 22.3. The third kappa shape index (κ3) is 3.26. The number of aryl methyl sites for hydroxylation is 2. The summed E-state index contributed by atoms with van der Waals surface area (Å²) in [6.45, 7) is 0. The molecule has 7 nitrogen and oxygen atoms in total. The van der Waals surface area contributed by atoms with E-state index < -0.39 is 0 Å². The largest absolute Gasteiger partial charge is 0.340 e. The Balaban J connectivity index is 1.34. The van der Waals surface area contributed by atoms with Gasteiger partial charge < -0.3 is 4.90 Å². The summed E-state index contributed by atoms with van der Waals surface area (Å²) in [7, 11) is 6.24. The molecule has 7 aromatic rings. The number of pyridine rings is 1. The molecule has 1 N–H and O–H groups in total. The van der Waals surface area contributed by atoms with E-state index in [1.807, 2.05) is 11.8 Å². The second-order valence-electron chi connectivity index (χ2n) is 10.2. The smallest absolute Gasteiger partial charge is 0.268 e. The van der Waals surface area contributed by atoms with E-state index in [0.717, 1.165) is 67.6 Å². The lowest BCUT2D eigenvalue weighted by Crippen LogP contribution is -2.26. The third-order valence-corrected chi connectivity index (χ3v) is 8.64. The summed E-state index contributed by atoms with van der Waals surface area (Å²) in [6.07, 6.45) is 4.13. The topological polar surface area (TPSA) is 56.9 Å². The number of rotatable bonds is 3. The molecule has 0 bridgehead atoms. The van der Waals surface area contributed by atoms with Gasteiger partial charge in [0.05, 0.1) is 64.3 Å². The van der Waals surface area contributed by atoms with Crippen LogP contribution in [0, 0.1) is 0 Å². The number of benzene rings is 3. The van der Waals surface area contributed by atoms with Crippen molar-refractivity contribution in [2.75, 3.05) is 16.8 Å². The lowest BCUT2D eigenvalue weighted by atomic mass is 10.0. The predicted octanol–water partition coefficient (Wildman–Crippen LogP) is 7.22. The number of imidazole rings is 1. The van der Waals surface area contributed by atoms with Crippen molar-refractivity contribution in [2.24, 2.45) is 14.1 Å². The monoisotopic (exact) mass is 540 g/mol. The SMILES string of the molecule is CN1c2ccccc2N(c2cccc(-c3cccc4scnc34)c2)c2nc(-c3cn(C)c4c3[nH]c[n+]4C)ccc21. The molecule has 8 rings (SSSR count). The van der Waals surface area contributed by atoms with E-state index >= 15 is 0 Å². The Labute approximate surface area is 235 Å². The molecule has 0 atom stereocenters. The van der Waals surface area contributed by atoms with Gasteiger partial charge in [-0.3, -0.25) is 14.5 Å². The van der Waals surface area contributed by atoms with Crippen molar-refractivity contribution >= 4 is 61.3 Å². The fourth-order valence-corrected chi connectivity index (χ4v) is 6.69. The van der Waals surface area contributed by atoms with Crippen molar-refractivity contribution in [1.82, 2.24) is 19.5 Å². The minimum Gasteiger partial charge on any atom is -0.340 e. The quantitative estimate of drug-likeness (QED) is 0.241. The lowest BCUT2D eigenvalue weighted by Gasteiger charge is -2.37. The van der Waals surface area contributed by atoms with Gasteiger partial charge >= 0.3 is 0 Å². The number of aromatic amines is 1. The van der Waals surface area contributed by atoms with Crippen LogP contribution in [0.25, 0.3) is 43.8 Å². The maximum absolute atomic E-state index is 5.34. The third-order valence-electron chi connectivity index (χ3n) is 7.85. The van der Waals surface area contributed by atoms with Gasteiger partial charge in [0.25, 0.3) is 5.65 Å². The number of anilines is 5. The van der Waals surface area contributed by atoms with Gasteiger partial charge in [0, 0.05) is 18.3 Å². The molecular formula is C32H26N7S+. The Bertz CT molecular complexity index is 2080. The van der Waals surface area contributed by atoms with E-state index in [0.29, 0.717) is 0 Å². The number of hydrogen-bond donors (Lipinski definition) is 1. The van der Waals surface area contributed by atoms with Crippen LogP contribution in [-0.4, -0.2) is 26.6 Å². The molecule has 8 heteroatoms. The second kappa shape index (κ2) is 8.53. The molecule has 1 aliphatic rings. The van der Waals surface area contributed by atoms with E-state index in [9.17, 15) is 0 Å². The maximum Gasteiger partial charge on any atom is 0.268 e. The maximum atomic E-state index is 5.34. The number of aromatic nitrogens is 5. The van der Waals surface area contributed by atoms with Crippen LogP contribution >= 0.6 is 11.3 Å². The molecule has 0 spiro atoms. The first-order valence-electron chi connectivity index (χ1n) is 13.2. The average Bonchev–Trinajstić information content (AvgIpc) is 3.70. The number of nitrogens with one attached hydrogen (secondary N) is 1. The first kappa shape index (κ1) is 23.0. The average molecular weight is 541 g/mol. The minimum atomic E-state index is 0.899. The van der Waals surface area contributed by atoms with Gasteiger partial charge in [-0.15, -0.1) is 11.3 Å². The molecule has 1 aliphatic heterocycles. The Hall–Kier alpha value is -4.95. The summed E-state index contributed by atoms with van der Waals surface area (Å²) in [4.78, 5) is 18.0. The molecule has 0 amide bonds. The molecule has 0 saturated carbocycles. The Morgan fingerprint density at radius 1 is 0.850 bits per heavy atom. The van der Waals surface area contributed by atoms with Crippen molar-refractivity contribution < 1.29 is 4.57 Å². The highest BCUT2D eigenvalue weighted by molar-refractivity contribution is 7.16. The van der Waals surface area contributed by atoms with Crippen LogP contribution in [0.4, 0.5) is 28.6 Å². The van der Waals surface area contributed by atoms with Crippen LogP contribution in [0.15, 0.2) is 96.9 Å². The molecule has 40 heavy (non-hydrogen) atoms. The Morgan fingerprint density at radius 3 is 2.60 bits per heavy atom. The standard InChI is InChI=1S/C32H25N7S/c1-36-17-23(30-32(36)37(2)18-33-30)24-14-15-27-31(35-24)39(26-12-5-4-11-25(26)38(27)3)21-9-6-8-20(16-21)22-10-7-13-28-29(22)34-19-40-28/h4-19H,1-3H3/p+1. The summed E-state index contributed by atoms with van der Waals surface area (Å²) < 4.78 is 5.43. The minimum absolute atomic E-state index is 0.899. The molecule has 4 aromatic heterocycles. The van der Waals surface area contributed by atoms with Crippen LogP contribution in [0.1, 0.15) is 0 Å². The van der Waals surface area contributed by atoms with Gasteiger partial charge in [0.15, 0.2) is 17.7 Å². The Morgan fingerprint density at radius 2 is 1.70 bits per heavy atom. The Kier molecular flexibility index (Phi) is 4.90. The fourth-order valence-electron chi connectivity index (χ4n) is 5.99. The summed E-state index contributed by atoms with van der Waals surface area (Å²) >= 11 is 1.67. The number of thiazole rings is 1. The molecule has 3 aromatic carbocycles. The normalized spacial score (nSPS) is 12.8. The van der Waals surface area contributed by atoms with Crippen LogP contribution in [0.3, 0.4) is 0 Å². The zero-order valence-corrected chi connectivity index (χ0v) is 23.1. The number of hydrogen-bond acceptors (Lipinski definition) is 5. The first-order valence-corrected chi connectivity index (χ1v) is 14.1. The van der Waals surface area contributed by atoms with E-state index in [4.69, 9.17) is 4.98 Å². The van der Waals surface area contributed by atoms with Gasteiger partial charge in [-0.2, -0.15) is 0 Å². The molecule has 0 unspecified atom stereocenters. The molecule has 0 fully saturated rings. The van der Waals surface area contributed by atoms with Gasteiger partial charge in [-0.1, -0.05) is 36.4 Å². The van der Waals surface area contributed by atoms with Gasteiger partial charge in [-0.05, 0) is 48.0 Å². The highest BCUT2D eigenvalue weighted by Gasteiger charge is 2.30. The van der Waals surface area contributed by atoms with E-state index in [1.165, 1.54) is 4.70 Å². The van der Waals surface area contributed by atoms with Gasteiger partial charge in [-0.25, -0.2) is 14.5 Å². The van der Waals surface area contributed by atoms with Crippen molar-refractivity contribution in [2.45, 2.75) is 0 Å². The van der Waals surface area contributed by atoms with Crippen LogP contribution in [0.2, 0.25) is 0 Å². The molecule has 0 radical (unpaired) electrons. The predicted molar refractivity (Wildman–Crippen MR) is 163 cm³/mol. The second-order valence-corrected chi connectivity index (χ2v) is 11.1. The van der Waals surface area contributed by atoms with Gasteiger partial charge in [0.2, 0.25) is 0 Å². The van der Waals surface area contributed by atoms with E-state index in [1.54, 1.807) is 11.3 Å². The number of H-pyrrole nitrogens is 1. The molecule has 0 saturated heterocycles. The highest BCUT2D eigenvalue weighted by Crippen LogP contribution is 2.50. The molecule has 0 aliphatic carbocycles. The summed E-state index contributed by atoms with van der Waals surface area (Å²) in [5.74, 6) is 0.899. The summed E-state index contributed by atoms with van der Waals surface area (Å²) in [5.41, 5.74) is 13.8. The van der Waals surface area contributed by atoms with Crippen LogP contribution < -0.4 is 14.4 Å². The van der Waals surface area contributed by atoms with Crippen molar-refractivity contribution in [1.29, 1.82) is 0 Å². The van der Waals surface area contributed by atoms with Crippen molar-refractivity contribution in [3.63, 3.8) is 0 Å². The van der Waals surface area contributed by atoms with Crippen molar-refractivity contribution in [3.8, 4) is 22.4 Å². The van der Waals surface area contributed by atoms with E-state index in [2.05, 4.69) is 135 Å². The number of nitrogens with zero attached hydrogens (tertiary/aromatic N) is 6. The lowest BCUT2D eigenvalue weighted by molar-refractivity contribution is -0.647. The summed E-state index contributed by atoms with van der Waals surface area (Å²) in [6, 6.07) is 27.9. The van der Waals surface area contributed by atoms with Crippen LogP contribution in [0.5, 0.6) is 0 Å².